The quantitative estimate of drug-likeness (QED) is 0.165. The third-order valence-corrected chi connectivity index (χ3v) is 11.4. The molecule has 3 rings (SSSR count). The Bertz CT molecular complexity index is 1170. The third-order valence-electron chi connectivity index (χ3n) is 11.4. The Morgan fingerprint density at radius 3 is 2.24 bits per heavy atom. The Morgan fingerprint density at radius 2 is 1.66 bits per heavy atom. The number of hydrogen-bond acceptors (Lipinski definition) is 9. The van der Waals surface area contributed by atoms with E-state index in [0.717, 1.165) is 44.9 Å². The van der Waals surface area contributed by atoms with Gasteiger partial charge in [-0.15, -0.1) is 0 Å². The average Bonchev–Trinajstić information content (AvgIpc) is 3.87. The zero-order valence-electron chi connectivity index (χ0n) is 32.1. The van der Waals surface area contributed by atoms with Crippen LogP contribution in [-0.2, 0) is 38.1 Å². The molecule has 2 bridgehead atoms. The molecule has 2 heterocycles. The molecular formula is C37H64N4O9. The number of likely N-dealkylation sites (tertiary alicyclic amines) is 2. The highest BCUT2D eigenvalue weighted by Gasteiger charge is 2.53. The van der Waals surface area contributed by atoms with Crippen LogP contribution < -0.4 is 5.32 Å². The van der Waals surface area contributed by atoms with Crippen molar-refractivity contribution in [2.75, 3.05) is 41.5 Å². The van der Waals surface area contributed by atoms with E-state index in [9.17, 15) is 24.0 Å². The van der Waals surface area contributed by atoms with Gasteiger partial charge in [0.05, 0.1) is 50.3 Å². The number of methoxy groups -OCH3 is 3. The summed E-state index contributed by atoms with van der Waals surface area (Å²) < 4.78 is 22.2. The van der Waals surface area contributed by atoms with Gasteiger partial charge in [-0.05, 0) is 63.2 Å². The first-order valence-electron chi connectivity index (χ1n) is 18.7. The van der Waals surface area contributed by atoms with Gasteiger partial charge in [-0.1, -0.05) is 47.5 Å². The highest BCUT2D eigenvalue weighted by molar-refractivity contribution is 5.92. The molecule has 0 aromatic heterocycles. The van der Waals surface area contributed by atoms with E-state index in [4.69, 9.17) is 18.9 Å². The van der Waals surface area contributed by atoms with Gasteiger partial charge in [0, 0.05) is 33.9 Å². The van der Waals surface area contributed by atoms with Crippen LogP contribution in [0.2, 0.25) is 0 Å². The molecule has 13 nitrogen and oxygen atoms in total. The summed E-state index contributed by atoms with van der Waals surface area (Å²) in [5.41, 5.74) is 0. The lowest BCUT2D eigenvalue weighted by Crippen LogP contribution is -2.60. The van der Waals surface area contributed by atoms with Crippen LogP contribution in [0, 0.1) is 23.7 Å². The molecule has 3 unspecified atom stereocenters. The maximum Gasteiger partial charge on any atom is 0.410 e. The number of nitrogens with one attached hydrogen (secondary N) is 1. The van der Waals surface area contributed by atoms with E-state index in [1.165, 1.54) is 7.11 Å². The number of carbonyl (C=O) groups excluding carboxylic acids is 5. The second-order valence-electron chi connectivity index (χ2n) is 14.9. The van der Waals surface area contributed by atoms with E-state index in [0.29, 0.717) is 19.6 Å². The van der Waals surface area contributed by atoms with E-state index >= 15 is 0 Å². The molecular weight excluding hydrogens is 644 g/mol. The van der Waals surface area contributed by atoms with Crippen molar-refractivity contribution in [3.05, 3.63) is 0 Å². The number of amides is 4. The van der Waals surface area contributed by atoms with Crippen LogP contribution in [0.15, 0.2) is 0 Å². The minimum absolute atomic E-state index is 0.0267. The van der Waals surface area contributed by atoms with E-state index in [2.05, 4.69) is 5.32 Å². The summed E-state index contributed by atoms with van der Waals surface area (Å²) in [5, 5.41) is 3.03. The van der Waals surface area contributed by atoms with Gasteiger partial charge < -0.3 is 34.1 Å². The van der Waals surface area contributed by atoms with Crippen molar-refractivity contribution in [3.8, 4) is 0 Å². The summed E-state index contributed by atoms with van der Waals surface area (Å²) in [5.74, 6) is -1.96. The second kappa shape index (κ2) is 19.1. The summed E-state index contributed by atoms with van der Waals surface area (Å²) in [6.45, 7) is 12.5. The van der Waals surface area contributed by atoms with Gasteiger partial charge in [0.25, 0.3) is 0 Å². The standard InChI is InChI=1S/C37H64N4O9/c1-11-13-19-50-37(46)41-26-17-16-25(20-26)32(41)34(43)38-30(22(3)4)35(44)39(7)31(23(5)12-2)28(47-8)21-29(42)40-18-14-15-27(40)33(48-9)24(6)36(45)49-10/h22-28,30-33H,11-21H2,1-10H3,(H,38,43)/t23-,24+,25?,26?,27-,28+,30-,31-,32?,33+/m0/s1. The number of fused-ring (bicyclic) bond motifs is 2. The summed E-state index contributed by atoms with van der Waals surface area (Å²) in [7, 11) is 6.15. The first-order chi connectivity index (χ1) is 23.8. The van der Waals surface area contributed by atoms with Crippen LogP contribution in [0.25, 0.3) is 0 Å². The number of piperidine rings is 1. The molecule has 2 saturated heterocycles. The molecule has 3 aliphatic rings. The van der Waals surface area contributed by atoms with Gasteiger partial charge in [0.2, 0.25) is 17.7 Å². The number of hydrogen-bond donors (Lipinski definition) is 1. The smallest absolute Gasteiger partial charge is 0.410 e. The molecule has 286 valence electrons. The minimum atomic E-state index is -0.852. The molecule has 1 saturated carbocycles. The van der Waals surface area contributed by atoms with Crippen LogP contribution in [0.1, 0.15) is 99.3 Å². The zero-order valence-corrected chi connectivity index (χ0v) is 32.1. The number of esters is 1. The summed E-state index contributed by atoms with van der Waals surface area (Å²) in [4.78, 5) is 72.7. The molecule has 13 heteroatoms. The van der Waals surface area contributed by atoms with Crippen LogP contribution in [-0.4, -0.2) is 128 Å². The molecule has 1 N–H and O–H groups in total. The number of carbonyl (C=O) groups is 5. The SMILES string of the molecule is CCCCOC(=O)N1C2CCC(C2)C1C(=O)N[C@H](C(=O)N(C)[C@@H]([C@@H](C)CC)[C@@H](CC(=O)N1CCC[C@H]1[C@H](OC)[C@@H](C)C(=O)OC)OC)C(C)C. The van der Waals surface area contributed by atoms with Gasteiger partial charge in [-0.2, -0.15) is 0 Å². The Labute approximate surface area is 299 Å². The lowest BCUT2D eigenvalue weighted by Gasteiger charge is -2.41. The lowest BCUT2D eigenvalue weighted by atomic mass is 9.89. The van der Waals surface area contributed by atoms with Crippen molar-refractivity contribution in [1.82, 2.24) is 20.0 Å². The maximum absolute atomic E-state index is 14.4. The first kappa shape index (κ1) is 41.5. The van der Waals surface area contributed by atoms with Crippen molar-refractivity contribution in [2.45, 2.75) is 142 Å². The minimum Gasteiger partial charge on any atom is -0.469 e. The van der Waals surface area contributed by atoms with Crippen LogP contribution >= 0.6 is 0 Å². The molecule has 0 aromatic rings. The average molecular weight is 709 g/mol. The van der Waals surface area contributed by atoms with Gasteiger partial charge in [0.1, 0.15) is 12.1 Å². The molecule has 4 amide bonds. The second-order valence-corrected chi connectivity index (χ2v) is 14.9. The molecule has 3 fully saturated rings. The topological polar surface area (TPSA) is 144 Å². The molecule has 1 aliphatic carbocycles. The fourth-order valence-corrected chi connectivity index (χ4v) is 8.42. The summed E-state index contributed by atoms with van der Waals surface area (Å²) in [6, 6.07) is -2.33. The Kier molecular flexibility index (Phi) is 15.8. The monoisotopic (exact) mass is 708 g/mol. The number of ether oxygens (including phenoxy) is 4. The summed E-state index contributed by atoms with van der Waals surface area (Å²) in [6.07, 6.45) is 4.72. The molecule has 0 aromatic carbocycles. The molecule has 50 heavy (non-hydrogen) atoms. The van der Waals surface area contributed by atoms with Gasteiger partial charge in [-0.25, -0.2) is 4.79 Å². The maximum atomic E-state index is 14.4. The largest absolute Gasteiger partial charge is 0.469 e. The van der Waals surface area contributed by atoms with Crippen LogP contribution in [0.3, 0.4) is 0 Å². The predicted octanol–water partition coefficient (Wildman–Crippen LogP) is 4.01. The molecule has 10 atom stereocenters. The van der Waals surface area contributed by atoms with Crippen LogP contribution in [0.5, 0.6) is 0 Å². The number of rotatable bonds is 18. The van der Waals surface area contributed by atoms with Gasteiger partial charge in [0.15, 0.2) is 0 Å². The Morgan fingerprint density at radius 1 is 0.960 bits per heavy atom. The third kappa shape index (κ3) is 9.29. The van der Waals surface area contributed by atoms with Crippen LogP contribution in [0.4, 0.5) is 4.79 Å². The van der Waals surface area contributed by atoms with E-state index < -0.39 is 48.3 Å². The van der Waals surface area contributed by atoms with Crippen molar-refractivity contribution in [1.29, 1.82) is 0 Å². The normalized spacial score (nSPS) is 25.1. The molecule has 0 radical (unpaired) electrons. The molecule has 2 aliphatic heterocycles. The fourth-order valence-electron chi connectivity index (χ4n) is 8.42. The Balaban J connectivity index is 1.79. The fraction of sp³-hybridized carbons (Fsp3) is 0.865. The molecule has 0 spiro atoms. The first-order valence-corrected chi connectivity index (χ1v) is 18.7. The number of unbranched alkanes of at least 4 members (excludes halogenated alkanes) is 1. The van der Waals surface area contributed by atoms with Crippen molar-refractivity contribution >= 4 is 29.8 Å². The predicted molar refractivity (Wildman–Crippen MR) is 188 cm³/mol. The van der Waals surface area contributed by atoms with Crippen molar-refractivity contribution < 1.29 is 42.9 Å². The van der Waals surface area contributed by atoms with Crippen molar-refractivity contribution in [2.24, 2.45) is 23.7 Å². The van der Waals surface area contributed by atoms with E-state index in [1.807, 2.05) is 34.6 Å². The lowest BCUT2D eigenvalue weighted by molar-refractivity contribution is -0.154. The van der Waals surface area contributed by atoms with E-state index in [-0.39, 0.29) is 54.0 Å². The zero-order chi connectivity index (χ0) is 37.3. The highest BCUT2D eigenvalue weighted by atomic mass is 16.6. The number of likely N-dealkylation sites (N-methyl/N-ethyl adjacent to an activating group) is 1. The van der Waals surface area contributed by atoms with Gasteiger partial charge >= 0.3 is 12.1 Å². The van der Waals surface area contributed by atoms with E-state index in [1.54, 1.807) is 42.9 Å². The Hall–Kier alpha value is -2.93. The highest BCUT2D eigenvalue weighted by Crippen LogP contribution is 2.43. The summed E-state index contributed by atoms with van der Waals surface area (Å²) >= 11 is 0. The number of nitrogens with zero attached hydrogens (tertiary/aromatic N) is 3. The van der Waals surface area contributed by atoms with Gasteiger partial charge in [-0.3, -0.25) is 24.1 Å². The van der Waals surface area contributed by atoms with Crippen molar-refractivity contribution in [3.63, 3.8) is 0 Å².